The second-order valence-electron chi connectivity index (χ2n) is 3.65. The average molecular weight is 303 g/mol. The maximum Gasteiger partial charge on any atom is 0.320 e. The summed E-state index contributed by atoms with van der Waals surface area (Å²) in [5.41, 5.74) is 0. The highest BCUT2D eigenvalue weighted by Crippen LogP contribution is 2.23. The molecule has 0 aliphatic carbocycles. The van der Waals surface area contributed by atoms with Crippen LogP contribution in [-0.2, 0) is 0 Å². The third kappa shape index (κ3) is 2.12. The first-order valence-corrected chi connectivity index (χ1v) is 6.53. The van der Waals surface area contributed by atoms with Gasteiger partial charge in [0, 0.05) is 24.6 Å². The summed E-state index contributed by atoms with van der Waals surface area (Å²) in [6, 6.07) is 1.77. The minimum atomic E-state index is -0.0685. The molecule has 0 saturated carbocycles. The first-order chi connectivity index (χ1) is 7.59. The Balaban J connectivity index is 2.04. The highest BCUT2D eigenvalue weighted by molar-refractivity contribution is 9.10. The number of Topliss-reactive ketones (excluding diaryl/α,β-unsaturated/α-hetero) is 1. The van der Waals surface area contributed by atoms with E-state index in [0.29, 0.717) is 18.0 Å². The van der Waals surface area contributed by atoms with Crippen LogP contribution < -0.4 is 0 Å². The van der Waals surface area contributed by atoms with E-state index >= 15 is 0 Å². The summed E-state index contributed by atoms with van der Waals surface area (Å²) in [4.78, 5) is 27.4. The van der Waals surface area contributed by atoms with Crippen molar-refractivity contribution in [2.24, 2.45) is 0 Å². The van der Waals surface area contributed by atoms with E-state index in [2.05, 4.69) is 15.9 Å². The van der Waals surface area contributed by atoms with E-state index in [1.165, 1.54) is 11.3 Å². The Morgan fingerprint density at radius 1 is 1.56 bits per heavy atom. The summed E-state index contributed by atoms with van der Waals surface area (Å²) in [5.74, 6) is -0.00877. The number of ketones is 1. The Labute approximate surface area is 106 Å². The van der Waals surface area contributed by atoms with Crippen LogP contribution in [0, 0.1) is 0 Å². The van der Waals surface area contributed by atoms with Crippen molar-refractivity contribution in [3.63, 3.8) is 0 Å². The third-order valence-corrected chi connectivity index (χ3v) is 4.39. The van der Waals surface area contributed by atoms with Gasteiger partial charge in [-0.3, -0.25) is 4.79 Å². The lowest BCUT2D eigenvalue weighted by Gasteiger charge is -2.14. The molecular weight excluding hydrogens is 292 g/mol. The molecule has 1 aromatic heterocycles. The van der Waals surface area contributed by atoms with Crippen LogP contribution >= 0.6 is 27.3 Å². The molecular formula is C10H11BrN2O2S. The molecule has 2 rings (SSSR count). The summed E-state index contributed by atoms with van der Waals surface area (Å²) in [7, 11) is 1.74. The molecule has 0 aromatic carbocycles. The van der Waals surface area contributed by atoms with E-state index in [4.69, 9.17) is 0 Å². The summed E-state index contributed by atoms with van der Waals surface area (Å²) >= 11 is 4.71. The van der Waals surface area contributed by atoms with E-state index in [-0.39, 0.29) is 18.4 Å². The van der Waals surface area contributed by atoms with Crippen LogP contribution in [0.1, 0.15) is 9.67 Å². The standard InChI is InChI=1S/C10H11BrN2O2S/c1-12-3-4-13(10(12)15)6-8(14)9-7(11)2-5-16-9/h2,5H,3-4,6H2,1H3. The monoisotopic (exact) mass is 302 g/mol. The molecule has 1 saturated heterocycles. The number of hydrogen-bond acceptors (Lipinski definition) is 3. The first kappa shape index (κ1) is 11.6. The van der Waals surface area contributed by atoms with E-state index in [1.54, 1.807) is 16.8 Å². The van der Waals surface area contributed by atoms with Crippen molar-refractivity contribution >= 4 is 39.1 Å². The van der Waals surface area contributed by atoms with Crippen molar-refractivity contribution in [2.75, 3.05) is 26.7 Å². The molecule has 0 N–H and O–H groups in total. The van der Waals surface area contributed by atoms with Gasteiger partial charge in [0.25, 0.3) is 0 Å². The van der Waals surface area contributed by atoms with Crippen molar-refractivity contribution in [3.8, 4) is 0 Å². The number of hydrogen-bond donors (Lipinski definition) is 0. The van der Waals surface area contributed by atoms with Crippen LogP contribution in [0.3, 0.4) is 0 Å². The number of rotatable bonds is 3. The highest BCUT2D eigenvalue weighted by Gasteiger charge is 2.27. The van der Waals surface area contributed by atoms with Gasteiger partial charge in [0.2, 0.25) is 0 Å². The Bertz CT molecular complexity index is 432. The lowest BCUT2D eigenvalue weighted by molar-refractivity contribution is 0.0955. The van der Waals surface area contributed by atoms with Crippen molar-refractivity contribution < 1.29 is 9.59 Å². The fraction of sp³-hybridized carbons (Fsp3) is 0.400. The van der Waals surface area contributed by atoms with Gasteiger partial charge in [0.05, 0.1) is 11.4 Å². The molecule has 0 radical (unpaired) electrons. The van der Waals surface area contributed by atoms with Crippen molar-refractivity contribution in [3.05, 3.63) is 20.8 Å². The predicted molar refractivity (Wildman–Crippen MR) is 65.9 cm³/mol. The molecule has 6 heteroatoms. The van der Waals surface area contributed by atoms with E-state index < -0.39 is 0 Å². The quantitative estimate of drug-likeness (QED) is 0.802. The minimum absolute atomic E-state index is 0.00877. The normalized spacial score (nSPS) is 16.0. The van der Waals surface area contributed by atoms with E-state index in [0.717, 1.165) is 4.47 Å². The Kier molecular flexibility index (Phi) is 3.30. The SMILES string of the molecule is CN1CCN(CC(=O)c2sccc2Br)C1=O. The zero-order valence-electron chi connectivity index (χ0n) is 8.77. The number of likely N-dealkylation sites (N-methyl/N-ethyl adjacent to an activating group) is 1. The molecule has 1 aromatic rings. The lowest BCUT2D eigenvalue weighted by Crippen LogP contribution is -2.33. The smallest absolute Gasteiger partial charge is 0.320 e. The van der Waals surface area contributed by atoms with Crippen LogP contribution in [0.25, 0.3) is 0 Å². The number of thiophene rings is 1. The maximum absolute atomic E-state index is 11.9. The summed E-state index contributed by atoms with van der Waals surface area (Å²) in [6.45, 7) is 1.49. The van der Waals surface area contributed by atoms with Gasteiger partial charge in [0.15, 0.2) is 5.78 Å². The third-order valence-electron chi connectivity index (χ3n) is 2.51. The Morgan fingerprint density at radius 3 is 2.81 bits per heavy atom. The number of nitrogens with zero attached hydrogens (tertiary/aromatic N) is 2. The molecule has 0 unspecified atom stereocenters. The van der Waals surface area contributed by atoms with Crippen LogP contribution in [0.5, 0.6) is 0 Å². The number of amides is 2. The molecule has 1 fully saturated rings. The number of halogens is 1. The second-order valence-corrected chi connectivity index (χ2v) is 5.42. The first-order valence-electron chi connectivity index (χ1n) is 4.86. The summed E-state index contributed by atoms with van der Waals surface area (Å²) < 4.78 is 0.808. The van der Waals surface area contributed by atoms with Crippen molar-refractivity contribution in [1.82, 2.24) is 9.80 Å². The van der Waals surface area contributed by atoms with E-state index in [1.807, 2.05) is 11.4 Å². The maximum atomic E-state index is 11.9. The van der Waals surface area contributed by atoms with Gasteiger partial charge in [-0.1, -0.05) is 0 Å². The molecule has 4 nitrogen and oxygen atoms in total. The van der Waals surface area contributed by atoms with Gasteiger partial charge >= 0.3 is 6.03 Å². The van der Waals surface area contributed by atoms with E-state index in [9.17, 15) is 9.59 Å². The number of carbonyl (C=O) groups excluding carboxylic acids is 2. The predicted octanol–water partition coefficient (Wildman–Crippen LogP) is 2.06. The molecule has 0 atom stereocenters. The van der Waals surface area contributed by atoms with Crippen LogP contribution in [0.2, 0.25) is 0 Å². The fourth-order valence-corrected chi connectivity index (χ4v) is 3.11. The van der Waals surface area contributed by atoms with Gasteiger partial charge < -0.3 is 9.80 Å². The van der Waals surface area contributed by atoms with Gasteiger partial charge in [0.1, 0.15) is 0 Å². The van der Waals surface area contributed by atoms with Crippen LogP contribution in [0.4, 0.5) is 4.79 Å². The van der Waals surface area contributed by atoms with Crippen molar-refractivity contribution in [2.45, 2.75) is 0 Å². The van der Waals surface area contributed by atoms with Crippen LogP contribution in [-0.4, -0.2) is 48.3 Å². The van der Waals surface area contributed by atoms with Crippen molar-refractivity contribution in [1.29, 1.82) is 0 Å². The van der Waals surface area contributed by atoms with Gasteiger partial charge in [-0.25, -0.2) is 4.79 Å². The summed E-state index contributed by atoms with van der Waals surface area (Å²) in [6.07, 6.45) is 0. The molecule has 1 aliphatic heterocycles. The average Bonchev–Trinajstić information content (AvgIpc) is 2.79. The molecule has 86 valence electrons. The van der Waals surface area contributed by atoms with Crippen LogP contribution in [0.15, 0.2) is 15.9 Å². The number of urea groups is 1. The summed E-state index contributed by atoms with van der Waals surface area (Å²) in [5, 5.41) is 1.86. The minimum Gasteiger partial charge on any atom is -0.326 e. The molecule has 2 amide bonds. The molecule has 16 heavy (non-hydrogen) atoms. The van der Waals surface area contributed by atoms with Gasteiger partial charge in [-0.2, -0.15) is 0 Å². The van der Waals surface area contributed by atoms with Gasteiger partial charge in [-0.15, -0.1) is 11.3 Å². The highest BCUT2D eigenvalue weighted by atomic mass is 79.9. The molecule has 2 heterocycles. The van der Waals surface area contributed by atoms with Gasteiger partial charge in [-0.05, 0) is 27.4 Å². The zero-order chi connectivity index (χ0) is 11.7. The fourth-order valence-electron chi connectivity index (χ4n) is 1.59. The lowest BCUT2D eigenvalue weighted by atomic mass is 10.3. The Hall–Kier alpha value is -0.880. The molecule has 0 bridgehead atoms. The second kappa shape index (κ2) is 4.55. The Morgan fingerprint density at radius 2 is 2.31 bits per heavy atom. The number of carbonyl (C=O) groups is 2. The zero-order valence-corrected chi connectivity index (χ0v) is 11.2. The molecule has 0 spiro atoms. The molecule has 1 aliphatic rings. The largest absolute Gasteiger partial charge is 0.326 e. The topological polar surface area (TPSA) is 40.6 Å².